The van der Waals surface area contributed by atoms with Gasteiger partial charge in [0.15, 0.2) is 0 Å². The van der Waals surface area contributed by atoms with E-state index >= 15 is 0 Å². The lowest BCUT2D eigenvalue weighted by Crippen LogP contribution is -2.50. The summed E-state index contributed by atoms with van der Waals surface area (Å²) in [5, 5.41) is 14.9. The first-order valence-corrected chi connectivity index (χ1v) is 12.4. The van der Waals surface area contributed by atoms with Crippen LogP contribution in [0.3, 0.4) is 0 Å². The Morgan fingerprint density at radius 3 is 2.54 bits per heavy atom. The number of halogens is 2. The molecule has 35 heavy (non-hydrogen) atoms. The van der Waals surface area contributed by atoms with Crippen molar-refractivity contribution >= 4 is 29.2 Å². The highest BCUT2D eigenvalue weighted by Crippen LogP contribution is 2.28. The van der Waals surface area contributed by atoms with Crippen LogP contribution in [0.4, 0.5) is 10.1 Å². The van der Waals surface area contributed by atoms with E-state index in [1.54, 1.807) is 37.3 Å². The molecule has 2 N–H and O–H groups in total. The number of aliphatic hydroxyl groups is 1. The van der Waals surface area contributed by atoms with Crippen molar-refractivity contribution in [3.05, 3.63) is 64.4 Å². The van der Waals surface area contributed by atoms with Crippen LogP contribution in [0.1, 0.15) is 35.7 Å². The molecule has 0 aliphatic carbocycles. The smallest absolute Gasteiger partial charge is 0.310 e. The number of nitrogens with one attached hydrogen (secondary N) is 1. The maximum atomic E-state index is 14.0. The van der Waals surface area contributed by atoms with Gasteiger partial charge in [-0.1, -0.05) is 17.7 Å². The zero-order valence-corrected chi connectivity index (χ0v) is 20.5. The van der Waals surface area contributed by atoms with E-state index in [1.807, 2.05) is 9.80 Å². The number of amides is 1. The Labute approximate surface area is 209 Å². The molecule has 188 valence electrons. The molecular weight excluding hydrogens is 473 g/mol. The van der Waals surface area contributed by atoms with E-state index in [2.05, 4.69) is 5.32 Å². The number of piperidine rings is 1. The molecule has 2 atom stereocenters. The summed E-state index contributed by atoms with van der Waals surface area (Å²) < 4.78 is 19.1. The number of hydrogen-bond donors (Lipinski definition) is 2. The minimum Gasteiger partial charge on any atom is -0.466 e. The van der Waals surface area contributed by atoms with Gasteiger partial charge in [-0.3, -0.25) is 9.59 Å². The summed E-state index contributed by atoms with van der Waals surface area (Å²) in [5.41, 5.74) is 1.90. The minimum absolute atomic E-state index is 0.00701. The lowest BCUT2D eigenvalue weighted by molar-refractivity contribution is -0.142. The first kappa shape index (κ1) is 25.4. The van der Waals surface area contributed by atoms with Gasteiger partial charge in [-0.25, -0.2) is 4.39 Å². The van der Waals surface area contributed by atoms with E-state index in [-0.39, 0.29) is 37.0 Å². The van der Waals surface area contributed by atoms with E-state index in [0.717, 1.165) is 12.8 Å². The maximum absolute atomic E-state index is 14.0. The van der Waals surface area contributed by atoms with E-state index in [0.29, 0.717) is 48.0 Å². The number of ether oxygens (including phenoxy) is 1. The number of aliphatic hydroxyl groups excluding tert-OH is 1. The molecule has 2 aliphatic heterocycles. The lowest BCUT2D eigenvalue weighted by Gasteiger charge is -2.34. The highest BCUT2D eigenvalue weighted by atomic mass is 35.5. The first-order chi connectivity index (χ1) is 16.8. The van der Waals surface area contributed by atoms with Gasteiger partial charge in [0.25, 0.3) is 5.91 Å². The van der Waals surface area contributed by atoms with Crippen LogP contribution >= 0.6 is 11.6 Å². The second-order valence-electron chi connectivity index (χ2n) is 9.07. The number of rotatable bonds is 7. The molecule has 4 rings (SSSR count). The Morgan fingerprint density at radius 1 is 1.14 bits per heavy atom. The summed E-state index contributed by atoms with van der Waals surface area (Å²) in [5.74, 6) is -0.765. The molecule has 9 heteroatoms. The molecule has 2 aromatic carbocycles. The highest BCUT2D eigenvalue weighted by molar-refractivity contribution is 6.30. The van der Waals surface area contributed by atoms with Gasteiger partial charge in [0.2, 0.25) is 0 Å². The topological polar surface area (TPSA) is 82.1 Å². The predicted molar refractivity (Wildman–Crippen MR) is 132 cm³/mol. The number of hydrogen-bond acceptors (Lipinski definition) is 6. The molecule has 1 unspecified atom stereocenters. The molecule has 1 amide bonds. The van der Waals surface area contributed by atoms with Gasteiger partial charge >= 0.3 is 5.97 Å². The molecule has 0 aromatic heterocycles. The third kappa shape index (κ3) is 6.31. The average molecular weight is 504 g/mol. The van der Waals surface area contributed by atoms with Crippen LogP contribution in [-0.4, -0.2) is 72.9 Å². The van der Waals surface area contributed by atoms with Gasteiger partial charge in [-0.15, -0.1) is 0 Å². The van der Waals surface area contributed by atoms with E-state index < -0.39 is 11.9 Å². The van der Waals surface area contributed by atoms with Crippen molar-refractivity contribution in [1.29, 1.82) is 0 Å². The fraction of sp³-hybridized carbons (Fsp3) is 0.462. The fourth-order valence-electron chi connectivity index (χ4n) is 4.82. The van der Waals surface area contributed by atoms with Crippen molar-refractivity contribution in [1.82, 2.24) is 10.2 Å². The first-order valence-electron chi connectivity index (χ1n) is 12.0. The minimum atomic E-state index is -0.637. The number of benzene rings is 2. The normalized spacial score (nSPS) is 20.8. The van der Waals surface area contributed by atoms with E-state index in [9.17, 15) is 19.1 Å². The summed E-state index contributed by atoms with van der Waals surface area (Å²) in [6.07, 6.45) is 0.962. The van der Waals surface area contributed by atoms with Crippen LogP contribution in [0.2, 0.25) is 5.02 Å². The van der Waals surface area contributed by atoms with E-state index in [4.69, 9.17) is 16.3 Å². The molecule has 0 spiro atoms. The molecule has 2 fully saturated rings. The predicted octanol–water partition coefficient (Wildman–Crippen LogP) is 3.03. The van der Waals surface area contributed by atoms with Gasteiger partial charge in [0, 0.05) is 48.5 Å². The van der Waals surface area contributed by atoms with Gasteiger partial charge in [-0.05, 0) is 61.7 Å². The number of β-amino-alcohol motifs (C(OH)–C–C–N with tert-alkyl or cyclic N) is 1. The summed E-state index contributed by atoms with van der Waals surface area (Å²) >= 11 is 5.92. The molecule has 0 saturated carbocycles. The molecule has 2 aliphatic rings. The summed E-state index contributed by atoms with van der Waals surface area (Å²) in [7, 11) is 0. The number of likely N-dealkylation sites (tertiary alicyclic amines) is 1. The van der Waals surface area contributed by atoms with E-state index in [1.165, 1.54) is 12.1 Å². The van der Waals surface area contributed by atoms with Crippen molar-refractivity contribution in [2.75, 3.05) is 37.7 Å². The van der Waals surface area contributed by atoms with Gasteiger partial charge in [0.05, 0.1) is 25.2 Å². The Kier molecular flexibility index (Phi) is 8.26. The Hall–Kier alpha value is -2.68. The Balaban J connectivity index is 1.34. The van der Waals surface area contributed by atoms with Gasteiger partial charge < -0.3 is 25.0 Å². The monoisotopic (exact) mass is 503 g/mol. The summed E-state index contributed by atoms with van der Waals surface area (Å²) in [6.45, 7) is 4.11. The summed E-state index contributed by atoms with van der Waals surface area (Å²) in [6, 6.07) is 11.2. The van der Waals surface area contributed by atoms with Crippen molar-refractivity contribution < 1.29 is 23.8 Å². The van der Waals surface area contributed by atoms with Gasteiger partial charge in [0.1, 0.15) is 5.82 Å². The van der Waals surface area contributed by atoms with Crippen molar-refractivity contribution in [2.24, 2.45) is 0 Å². The standard InChI is InChI=1S/C26H31ClFN3O4/c1-2-35-25(33)13-18-5-8-20(28)14-23(18)31-15-22(24(32)16-31)29-21-9-11-30(12-10-21)26(34)17-3-6-19(27)7-4-17/h3-8,14,21-22,24,29,32H,2,9-13,15-16H2,1H3/t22?,24-/m1/s1. The quantitative estimate of drug-likeness (QED) is 0.565. The molecule has 0 radical (unpaired) electrons. The number of nitrogens with zero attached hydrogens (tertiary/aromatic N) is 2. The fourth-order valence-corrected chi connectivity index (χ4v) is 4.95. The molecule has 7 nitrogen and oxygen atoms in total. The van der Waals surface area contributed by atoms with Crippen LogP contribution in [0.15, 0.2) is 42.5 Å². The number of carbonyl (C=O) groups excluding carboxylic acids is 2. The van der Waals surface area contributed by atoms with Crippen LogP contribution in [0.25, 0.3) is 0 Å². The Morgan fingerprint density at radius 2 is 1.86 bits per heavy atom. The van der Waals surface area contributed by atoms with Crippen LogP contribution in [0.5, 0.6) is 0 Å². The van der Waals surface area contributed by atoms with Crippen molar-refractivity contribution in [3.8, 4) is 0 Å². The van der Waals surface area contributed by atoms with Crippen molar-refractivity contribution in [3.63, 3.8) is 0 Å². The SMILES string of the molecule is CCOC(=O)Cc1ccc(F)cc1N1CC(NC2CCN(C(=O)c3ccc(Cl)cc3)CC2)[C@H](O)C1. The third-order valence-electron chi connectivity index (χ3n) is 6.64. The zero-order valence-electron chi connectivity index (χ0n) is 19.8. The Bertz CT molecular complexity index is 1040. The van der Waals surface area contributed by atoms with Crippen LogP contribution in [0, 0.1) is 5.82 Å². The number of carbonyl (C=O) groups is 2. The second-order valence-corrected chi connectivity index (χ2v) is 9.51. The average Bonchev–Trinajstić information content (AvgIpc) is 3.20. The second kappa shape index (κ2) is 11.4. The third-order valence-corrected chi connectivity index (χ3v) is 6.89. The zero-order chi connectivity index (χ0) is 24.9. The lowest BCUT2D eigenvalue weighted by atomic mass is 10.0. The molecule has 2 saturated heterocycles. The number of anilines is 1. The van der Waals surface area contributed by atoms with Gasteiger partial charge in [-0.2, -0.15) is 0 Å². The maximum Gasteiger partial charge on any atom is 0.310 e. The molecule has 0 bridgehead atoms. The van der Waals surface area contributed by atoms with Crippen molar-refractivity contribution in [2.45, 2.75) is 44.4 Å². The molecule has 2 heterocycles. The largest absolute Gasteiger partial charge is 0.466 e. The number of esters is 1. The molecule has 2 aromatic rings. The summed E-state index contributed by atoms with van der Waals surface area (Å²) in [4.78, 5) is 28.5. The highest BCUT2D eigenvalue weighted by Gasteiger charge is 2.35. The van der Waals surface area contributed by atoms with Crippen LogP contribution < -0.4 is 10.2 Å². The van der Waals surface area contributed by atoms with Crippen LogP contribution in [-0.2, 0) is 16.0 Å². The molecular formula is C26H31ClFN3O4.